The van der Waals surface area contributed by atoms with Crippen LogP contribution in [0, 0.1) is 0 Å². The summed E-state index contributed by atoms with van der Waals surface area (Å²) in [7, 11) is 0. The van der Waals surface area contributed by atoms with Gasteiger partial charge in [-0.25, -0.2) is 5.43 Å². The summed E-state index contributed by atoms with van der Waals surface area (Å²) in [5.41, 5.74) is 8.77. The molecule has 1 aliphatic carbocycles. The van der Waals surface area contributed by atoms with Crippen molar-refractivity contribution >= 4 is 0 Å². The predicted molar refractivity (Wildman–Crippen MR) is 40.4 cm³/mol. The van der Waals surface area contributed by atoms with Crippen LogP contribution >= 0.6 is 0 Å². The van der Waals surface area contributed by atoms with Gasteiger partial charge in [0.25, 0.3) is 0 Å². The molecule has 1 aliphatic heterocycles. The number of fused-ring (bicyclic) bond motifs is 1. The molecule has 2 nitrogen and oxygen atoms in total. The van der Waals surface area contributed by atoms with Crippen LogP contribution in [-0.4, -0.2) is 12.6 Å². The lowest BCUT2D eigenvalue weighted by Gasteiger charge is -2.26. The molecule has 1 saturated heterocycles. The van der Waals surface area contributed by atoms with Gasteiger partial charge >= 0.3 is 0 Å². The Morgan fingerprint density at radius 2 is 2.60 bits per heavy atom. The molecule has 1 atom stereocenters. The average Bonchev–Trinajstić information content (AvgIpc) is 2.05. The molecule has 1 fully saturated rings. The highest BCUT2D eigenvalue weighted by Gasteiger charge is 2.18. The zero-order valence-electron chi connectivity index (χ0n) is 5.88. The third-order valence-corrected chi connectivity index (χ3v) is 2.03. The predicted octanol–water partition coefficient (Wildman–Crippen LogP) is 0.754. The van der Waals surface area contributed by atoms with E-state index in [-0.39, 0.29) is 0 Å². The number of rotatable bonds is 0. The highest BCUT2D eigenvalue weighted by molar-refractivity contribution is 5.24. The molecule has 2 rings (SSSR count). The van der Waals surface area contributed by atoms with E-state index in [1.165, 1.54) is 5.57 Å². The fraction of sp³-hybridized carbons (Fsp3) is 0.500. The zero-order chi connectivity index (χ0) is 6.81. The van der Waals surface area contributed by atoms with E-state index in [4.69, 9.17) is 0 Å². The molecule has 1 heterocycles. The Morgan fingerprint density at radius 1 is 1.60 bits per heavy atom. The van der Waals surface area contributed by atoms with E-state index in [2.05, 4.69) is 29.1 Å². The molecule has 2 heteroatoms. The standard InChI is InChI=1S/C8H11N2/c1-2-4-8-7(3-1)5-6-9-10-8/h1-3,8,10H,4-6H2. The average molecular weight is 135 g/mol. The molecule has 0 spiro atoms. The van der Waals surface area contributed by atoms with Gasteiger partial charge in [-0.2, -0.15) is 5.43 Å². The highest BCUT2D eigenvalue weighted by atomic mass is 15.4. The summed E-state index contributed by atoms with van der Waals surface area (Å²) in [5, 5.41) is 0. The quantitative estimate of drug-likeness (QED) is 0.521. The second-order valence-electron chi connectivity index (χ2n) is 2.72. The minimum atomic E-state index is 0.513. The first-order valence-corrected chi connectivity index (χ1v) is 3.74. The molecule has 1 N–H and O–H groups in total. The van der Waals surface area contributed by atoms with Crippen molar-refractivity contribution in [1.82, 2.24) is 10.9 Å². The van der Waals surface area contributed by atoms with Gasteiger partial charge in [-0.1, -0.05) is 23.8 Å². The van der Waals surface area contributed by atoms with Gasteiger partial charge in [0, 0.05) is 12.6 Å². The van der Waals surface area contributed by atoms with Gasteiger partial charge in [0.2, 0.25) is 0 Å². The fourth-order valence-electron chi connectivity index (χ4n) is 1.43. The first-order chi connectivity index (χ1) is 4.97. The Bertz CT molecular complexity index is 182. The molecule has 0 amide bonds. The maximum atomic E-state index is 4.14. The van der Waals surface area contributed by atoms with E-state index in [9.17, 15) is 0 Å². The van der Waals surface area contributed by atoms with Crippen molar-refractivity contribution in [2.75, 3.05) is 6.54 Å². The molecule has 0 aromatic carbocycles. The molecule has 1 radical (unpaired) electrons. The third kappa shape index (κ3) is 1.00. The summed E-state index contributed by atoms with van der Waals surface area (Å²) >= 11 is 0. The van der Waals surface area contributed by atoms with Crippen molar-refractivity contribution in [3.63, 3.8) is 0 Å². The summed E-state index contributed by atoms with van der Waals surface area (Å²) in [4.78, 5) is 0. The lowest BCUT2D eigenvalue weighted by atomic mass is 9.96. The summed E-state index contributed by atoms with van der Waals surface area (Å²) in [6.45, 7) is 0.941. The number of hydrogen-bond donors (Lipinski definition) is 1. The van der Waals surface area contributed by atoms with Crippen molar-refractivity contribution in [2.45, 2.75) is 18.9 Å². The molecule has 0 aromatic rings. The number of allylic oxidation sites excluding steroid dienone is 2. The Hall–Kier alpha value is -0.600. The molecular weight excluding hydrogens is 124 g/mol. The Kier molecular flexibility index (Phi) is 1.57. The van der Waals surface area contributed by atoms with Crippen LogP contribution in [0.1, 0.15) is 12.8 Å². The second kappa shape index (κ2) is 2.56. The third-order valence-electron chi connectivity index (χ3n) is 2.03. The van der Waals surface area contributed by atoms with E-state index in [1.807, 2.05) is 0 Å². The van der Waals surface area contributed by atoms with Gasteiger partial charge in [-0.05, 0) is 12.8 Å². The van der Waals surface area contributed by atoms with E-state index in [1.54, 1.807) is 0 Å². The van der Waals surface area contributed by atoms with Crippen molar-refractivity contribution in [3.8, 4) is 0 Å². The van der Waals surface area contributed by atoms with Crippen molar-refractivity contribution in [3.05, 3.63) is 23.8 Å². The Morgan fingerprint density at radius 3 is 3.50 bits per heavy atom. The second-order valence-corrected chi connectivity index (χ2v) is 2.72. The van der Waals surface area contributed by atoms with E-state index < -0.39 is 0 Å². The lowest BCUT2D eigenvalue weighted by Crippen LogP contribution is -2.42. The van der Waals surface area contributed by atoms with Crippen LogP contribution in [0.4, 0.5) is 0 Å². The van der Waals surface area contributed by atoms with E-state index in [0.717, 1.165) is 19.4 Å². The van der Waals surface area contributed by atoms with Crippen LogP contribution in [0.3, 0.4) is 0 Å². The van der Waals surface area contributed by atoms with Gasteiger partial charge in [-0.15, -0.1) is 0 Å². The maximum absolute atomic E-state index is 4.14. The first-order valence-electron chi connectivity index (χ1n) is 3.74. The van der Waals surface area contributed by atoms with Crippen LogP contribution < -0.4 is 10.9 Å². The molecular formula is C8H11N2. The number of hydrogen-bond acceptors (Lipinski definition) is 1. The van der Waals surface area contributed by atoms with E-state index in [0.29, 0.717) is 6.04 Å². The summed E-state index contributed by atoms with van der Waals surface area (Å²) in [6, 6.07) is 0.513. The van der Waals surface area contributed by atoms with Gasteiger partial charge in [0.1, 0.15) is 0 Å². The molecule has 0 aromatic heterocycles. The summed E-state index contributed by atoms with van der Waals surface area (Å²) < 4.78 is 0. The Labute approximate surface area is 61.0 Å². The van der Waals surface area contributed by atoms with Crippen molar-refractivity contribution in [1.29, 1.82) is 0 Å². The molecule has 2 aliphatic rings. The van der Waals surface area contributed by atoms with Crippen LogP contribution in [0.25, 0.3) is 0 Å². The van der Waals surface area contributed by atoms with E-state index >= 15 is 0 Å². The molecule has 0 saturated carbocycles. The highest BCUT2D eigenvalue weighted by Crippen LogP contribution is 2.17. The smallest absolute Gasteiger partial charge is 0.0476 e. The Balaban J connectivity index is 2.14. The van der Waals surface area contributed by atoms with Gasteiger partial charge < -0.3 is 0 Å². The molecule has 10 heavy (non-hydrogen) atoms. The van der Waals surface area contributed by atoms with Crippen molar-refractivity contribution in [2.24, 2.45) is 0 Å². The van der Waals surface area contributed by atoms with Crippen LogP contribution in [-0.2, 0) is 0 Å². The summed E-state index contributed by atoms with van der Waals surface area (Å²) in [5.74, 6) is 0. The minimum Gasteiger partial charge on any atom is -0.233 e. The fourth-order valence-corrected chi connectivity index (χ4v) is 1.43. The maximum Gasteiger partial charge on any atom is 0.0476 e. The SMILES string of the molecule is C1=CCC2N[N]CCC2=C1. The number of nitrogens with one attached hydrogen (secondary N) is 1. The van der Waals surface area contributed by atoms with Crippen LogP contribution in [0.2, 0.25) is 0 Å². The number of nitrogens with zero attached hydrogens (tertiary/aromatic N) is 1. The molecule has 53 valence electrons. The normalized spacial score (nSPS) is 31.2. The topological polar surface area (TPSA) is 26.1 Å². The molecule has 1 unspecified atom stereocenters. The summed E-state index contributed by atoms with van der Waals surface area (Å²) in [6.07, 6.45) is 8.77. The lowest BCUT2D eigenvalue weighted by molar-refractivity contribution is 0.404. The van der Waals surface area contributed by atoms with Gasteiger partial charge in [-0.3, -0.25) is 0 Å². The van der Waals surface area contributed by atoms with Crippen molar-refractivity contribution < 1.29 is 0 Å². The minimum absolute atomic E-state index is 0.513. The van der Waals surface area contributed by atoms with Gasteiger partial charge in [0.15, 0.2) is 0 Å². The zero-order valence-corrected chi connectivity index (χ0v) is 5.88. The van der Waals surface area contributed by atoms with Gasteiger partial charge in [0.05, 0.1) is 0 Å². The largest absolute Gasteiger partial charge is 0.233 e. The monoisotopic (exact) mass is 135 g/mol. The first kappa shape index (κ1) is 6.13. The van der Waals surface area contributed by atoms with Crippen LogP contribution in [0.5, 0.6) is 0 Å². The van der Waals surface area contributed by atoms with Crippen LogP contribution in [0.15, 0.2) is 23.8 Å². The molecule has 0 bridgehead atoms.